The lowest BCUT2D eigenvalue weighted by Crippen LogP contribution is -3.15. The van der Waals surface area contributed by atoms with E-state index in [2.05, 4.69) is 19.2 Å². The Labute approximate surface area is 179 Å². The quantitative estimate of drug-likeness (QED) is 0.736. The third kappa shape index (κ3) is 5.09. The van der Waals surface area contributed by atoms with Crippen LogP contribution in [-0.2, 0) is 14.8 Å². The fourth-order valence-corrected chi connectivity index (χ4v) is 5.63. The van der Waals surface area contributed by atoms with Crippen molar-refractivity contribution in [1.82, 2.24) is 4.31 Å². The van der Waals surface area contributed by atoms with E-state index in [-0.39, 0.29) is 5.91 Å². The van der Waals surface area contributed by atoms with Crippen molar-refractivity contribution in [3.8, 4) is 0 Å². The second-order valence-corrected chi connectivity index (χ2v) is 10.3. The van der Waals surface area contributed by atoms with Crippen molar-refractivity contribution in [1.29, 1.82) is 0 Å². The Balaban J connectivity index is 1.59. The van der Waals surface area contributed by atoms with Gasteiger partial charge in [0.1, 0.15) is 0 Å². The minimum absolute atomic E-state index is 0.0380. The number of hydrogen-bond acceptors (Lipinski definition) is 3. The number of para-hydroxylation sites is 1. The lowest BCUT2D eigenvalue weighted by atomic mass is 10.0. The second kappa shape index (κ2) is 9.29. The first kappa shape index (κ1) is 22.5. The number of amides is 1. The van der Waals surface area contributed by atoms with Gasteiger partial charge in [-0.05, 0) is 48.6 Å². The number of aryl methyl sites for hydroxylation is 2. The van der Waals surface area contributed by atoms with E-state index in [9.17, 15) is 13.2 Å². The lowest BCUT2D eigenvalue weighted by molar-refractivity contribution is -0.895. The Kier molecular flexibility index (Phi) is 6.95. The number of rotatable bonds is 6. The van der Waals surface area contributed by atoms with Crippen LogP contribution in [0.3, 0.4) is 0 Å². The van der Waals surface area contributed by atoms with Gasteiger partial charge >= 0.3 is 0 Å². The molecule has 1 heterocycles. The van der Waals surface area contributed by atoms with Crippen LogP contribution in [0.4, 0.5) is 5.69 Å². The number of carbonyl (C=O) groups excluding carboxylic acids is 1. The maximum absolute atomic E-state index is 13.1. The summed E-state index contributed by atoms with van der Waals surface area (Å²) < 4.78 is 27.7. The van der Waals surface area contributed by atoms with Crippen molar-refractivity contribution in [2.75, 3.05) is 38.0 Å². The van der Waals surface area contributed by atoms with Crippen LogP contribution in [-0.4, -0.2) is 51.4 Å². The summed E-state index contributed by atoms with van der Waals surface area (Å²) in [4.78, 5) is 14.1. The van der Waals surface area contributed by atoms with Crippen LogP contribution in [0.25, 0.3) is 0 Å². The molecule has 0 aliphatic carbocycles. The largest absolute Gasteiger partial charge is 0.325 e. The molecule has 1 aliphatic heterocycles. The van der Waals surface area contributed by atoms with Gasteiger partial charge in [0, 0.05) is 5.69 Å². The number of quaternary nitrogens is 1. The van der Waals surface area contributed by atoms with E-state index in [1.807, 2.05) is 50.2 Å². The van der Waals surface area contributed by atoms with Gasteiger partial charge in [0.15, 0.2) is 6.54 Å². The zero-order valence-corrected chi connectivity index (χ0v) is 19.1. The number of sulfonamides is 1. The second-order valence-electron chi connectivity index (χ2n) is 8.39. The molecule has 0 unspecified atom stereocenters. The number of piperazine rings is 1. The Morgan fingerprint density at radius 3 is 2.43 bits per heavy atom. The highest BCUT2D eigenvalue weighted by Crippen LogP contribution is 2.23. The number of anilines is 1. The Morgan fingerprint density at radius 2 is 1.77 bits per heavy atom. The number of nitrogens with zero attached hydrogens (tertiary/aromatic N) is 1. The van der Waals surface area contributed by atoms with E-state index >= 15 is 0 Å². The van der Waals surface area contributed by atoms with E-state index in [1.165, 1.54) is 0 Å². The zero-order chi connectivity index (χ0) is 21.9. The predicted molar refractivity (Wildman–Crippen MR) is 119 cm³/mol. The third-order valence-corrected chi connectivity index (χ3v) is 7.70. The molecule has 6 nitrogen and oxygen atoms in total. The fraction of sp³-hybridized carbons (Fsp3) is 0.435. The summed E-state index contributed by atoms with van der Waals surface area (Å²) in [6.45, 7) is 10.3. The van der Waals surface area contributed by atoms with Crippen molar-refractivity contribution >= 4 is 21.6 Å². The maximum Gasteiger partial charge on any atom is 0.279 e. The van der Waals surface area contributed by atoms with Crippen LogP contribution in [0.5, 0.6) is 0 Å². The van der Waals surface area contributed by atoms with Gasteiger partial charge in [-0.3, -0.25) is 4.79 Å². The molecule has 0 aromatic heterocycles. The molecule has 0 bridgehead atoms. The molecule has 0 atom stereocenters. The van der Waals surface area contributed by atoms with Gasteiger partial charge in [0.25, 0.3) is 5.91 Å². The molecule has 2 N–H and O–H groups in total. The van der Waals surface area contributed by atoms with E-state index in [0.717, 1.165) is 27.3 Å². The molecule has 1 aliphatic rings. The number of nitrogens with one attached hydrogen (secondary N) is 2. The molecule has 7 heteroatoms. The van der Waals surface area contributed by atoms with Crippen LogP contribution in [0.1, 0.15) is 36.5 Å². The smallest absolute Gasteiger partial charge is 0.279 e. The summed E-state index contributed by atoms with van der Waals surface area (Å²) in [5, 5.41) is 3.03. The predicted octanol–water partition coefficient (Wildman–Crippen LogP) is 1.95. The highest BCUT2D eigenvalue weighted by atomic mass is 32.2. The summed E-state index contributed by atoms with van der Waals surface area (Å²) >= 11 is 0. The summed E-state index contributed by atoms with van der Waals surface area (Å²) in [7, 11) is -3.51. The van der Waals surface area contributed by atoms with Crippen LogP contribution < -0.4 is 10.2 Å². The molecule has 0 radical (unpaired) electrons. The molecule has 1 amide bonds. The number of hydrogen-bond donors (Lipinski definition) is 2. The number of carbonyl (C=O) groups is 1. The lowest BCUT2D eigenvalue weighted by Gasteiger charge is -2.31. The highest BCUT2D eigenvalue weighted by Gasteiger charge is 2.32. The van der Waals surface area contributed by atoms with Crippen molar-refractivity contribution in [3.05, 3.63) is 59.2 Å². The van der Waals surface area contributed by atoms with Gasteiger partial charge in [-0.25, -0.2) is 8.42 Å². The molecule has 2 aromatic carbocycles. The molecule has 3 rings (SSSR count). The van der Waals surface area contributed by atoms with Crippen LogP contribution >= 0.6 is 0 Å². The summed E-state index contributed by atoms with van der Waals surface area (Å²) in [5.41, 5.74) is 3.67. The van der Waals surface area contributed by atoms with Crippen molar-refractivity contribution < 1.29 is 18.1 Å². The molecule has 162 valence electrons. The number of benzene rings is 2. The zero-order valence-electron chi connectivity index (χ0n) is 18.2. The molecule has 1 fully saturated rings. The van der Waals surface area contributed by atoms with Gasteiger partial charge in [0.2, 0.25) is 10.0 Å². The first-order chi connectivity index (χ1) is 14.2. The Morgan fingerprint density at radius 1 is 1.10 bits per heavy atom. The van der Waals surface area contributed by atoms with Crippen molar-refractivity contribution in [2.45, 2.75) is 38.5 Å². The summed E-state index contributed by atoms with van der Waals surface area (Å²) in [6.07, 6.45) is 0. The molecule has 2 aromatic rings. The molecule has 30 heavy (non-hydrogen) atoms. The average molecular weight is 431 g/mol. The maximum atomic E-state index is 13.1. The topological polar surface area (TPSA) is 70.9 Å². The van der Waals surface area contributed by atoms with Crippen LogP contribution in [0.2, 0.25) is 0 Å². The summed E-state index contributed by atoms with van der Waals surface area (Å²) in [5.74, 6) is 0.289. The molecule has 1 saturated heterocycles. The SMILES string of the molecule is Cc1ccc(C)c(S(=O)(=O)N2CC[NH+](CC(=O)Nc3ccccc3C(C)C)CC2)c1. The van der Waals surface area contributed by atoms with E-state index in [1.54, 1.807) is 10.4 Å². The highest BCUT2D eigenvalue weighted by molar-refractivity contribution is 7.89. The fourth-order valence-electron chi connectivity index (χ4n) is 3.88. The Bertz CT molecular complexity index is 1010. The van der Waals surface area contributed by atoms with Gasteiger partial charge < -0.3 is 10.2 Å². The molecular formula is C23H32N3O3S+. The van der Waals surface area contributed by atoms with Crippen LogP contribution in [0.15, 0.2) is 47.4 Å². The van der Waals surface area contributed by atoms with Crippen molar-refractivity contribution in [2.24, 2.45) is 0 Å². The van der Waals surface area contributed by atoms with E-state index < -0.39 is 10.0 Å². The minimum Gasteiger partial charge on any atom is -0.325 e. The van der Waals surface area contributed by atoms with Gasteiger partial charge in [-0.2, -0.15) is 4.31 Å². The normalized spacial score (nSPS) is 16.0. The molecule has 0 spiro atoms. The monoisotopic (exact) mass is 430 g/mol. The minimum atomic E-state index is -3.51. The van der Waals surface area contributed by atoms with E-state index in [4.69, 9.17) is 0 Å². The summed E-state index contributed by atoms with van der Waals surface area (Å²) in [6, 6.07) is 13.4. The molecule has 0 saturated carbocycles. The van der Waals surface area contributed by atoms with Gasteiger partial charge in [0.05, 0.1) is 31.1 Å². The van der Waals surface area contributed by atoms with Gasteiger partial charge in [-0.1, -0.05) is 44.2 Å². The first-order valence-corrected chi connectivity index (χ1v) is 11.9. The van der Waals surface area contributed by atoms with E-state index in [0.29, 0.717) is 43.5 Å². The third-order valence-electron chi connectivity index (χ3n) is 5.66. The van der Waals surface area contributed by atoms with Crippen LogP contribution in [0, 0.1) is 13.8 Å². The first-order valence-electron chi connectivity index (χ1n) is 10.5. The van der Waals surface area contributed by atoms with Gasteiger partial charge in [-0.15, -0.1) is 0 Å². The molecular weight excluding hydrogens is 398 g/mol. The van der Waals surface area contributed by atoms with Crippen molar-refractivity contribution in [3.63, 3.8) is 0 Å². The standard InChI is InChI=1S/C23H31N3O3S/c1-17(2)20-7-5-6-8-21(20)24-23(27)16-25-11-13-26(14-12-25)30(28,29)22-15-18(3)9-10-19(22)4/h5-10,15,17H,11-14,16H2,1-4H3,(H,24,27)/p+1. The Hall–Kier alpha value is -2.22. The average Bonchev–Trinajstić information content (AvgIpc) is 2.70.